The molecule has 0 unspecified atom stereocenters. The van der Waals surface area contributed by atoms with Crippen LogP contribution in [0.25, 0.3) is 0 Å². The third-order valence-electron chi connectivity index (χ3n) is 3.24. The van der Waals surface area contributed by atoms with Crippen LogP contribution in [0.2, 0.25) is 0 Å². The standard InChI is InChI=1S/C13H15N3O3/c1-3-19-13(18)11-8-9-10(15(11)2)4-6-16(7-5-14)12(9)17/h8H,3-4,6-7H2,1-2H3. The molecule has 2 rings (SSSR count). The van der Waals surface area contributed by atoms with Gasteiger partial charge in [-0.3, -0.25) is 4.79 Å². The third kappa shape index (κ3) is 2.19. The van der Waals surface area contributed by atoms with E-state index in [4.69, 9.17) is 10.00 Å². The number of hydrogen-bond acceptors (Lipinski definition) is 4. The molecule has 0 aliphatic carbocycles. The number of rotatable bonds is 3. The topological polar surface area (TPSA) is 75.3 Å². The van der Waals surface area contributed by atoms with E-state index in [1.807, 2.05) is 6.07 Å². The molecule has 0 radical (unpaired) electrons. The lowest BCUT2D eigenvalue weighted by atomic mass is 10.1. The predicted octanol–water partition coefficient (Wildman–Crippen LogP) is 0.724. The fourth-order valence-corrected chi connectivity index (χ4v) is 2.28. The lowest BCUT2D eigenvalue weighted by molar-refractivity contribution is 0.0514. The first-order valence-electron chi connectivity index (χ1n) is 6.12. The van der Waals surface area contributed by atoms with Crippen LogP contribution in [-0.2, 0) is 18.2 Å². The Bertz CT molecular complexity index is 568. The second-order valence-electron chi connectivity index (χ2n) is 4.30. The van der Waals surface area contributed by atoms with Crippen molar-refractivity contribution < 1.29 is 14.3 Å². The first-order valence-corrected chi connectivity index (χ1v) is 6.12. The molecule has 1 aliphatic heterocycles. The van der Waals surface area contributed by atoms with Gasteiger partial charge in [-0.2, -0.15) is 5.26 Å². The van der Waals surface area contributed by atoms with Crippen molar-refractivity contribution >= 4 is 11.9 Å². The SMILES string of the molecule is CCOC(=O)c1cc2c(n1C)CCN(CC#N)C2=O. The van der Waals surface area contributed by atoms with Crippen molar-refractivity contribution in [1.29, 1.82) is 5.26 Å². The largest absolute Gasteiger partial charge is 0.461 e. The predicted molar refractivity (Wildman–Crippen MR) is 66.6 cm³/mol. The van der Waals surface area contributed by atoms with E-state index in [1.54, 1.807) is 24.6 Å². The van der Waals surface area contributed by atoms with Crippen molar-refractivity contribution in [3.8, 4) is 6.07 Å². The minimum absolute atomic E-state index is 0.0713. The highest BCUT2D eigenvalue weighted by Crippen LogP contribution is 2.22. The highest BCUT2D eigenvalue weighted by molar-refractivity contribution is 6.00. The molecule has 0 aromatic carbocycles. The number of nitriles is 1. The molecule has 0 bridgehead atoms. The van der Waals surface area contributed by atoms with E-state index in [-0.39, 0.29) is 12.5 Å². The van der Waals surface area contributed by atoms with Crippen molar-refractivity contribution in [2.45, 2.75) is 13.3 Å². The van der Waals surface area contributed by atoms with Crippen LogP contribution in [0.1, 0.15) is 33.5 Å². The molecule has 19 heavy (non-hydrogen) atoms. The number of nitrogens with zero attached hydrogens (tertiary/aromatic N) is 3. The Kier molecular flexibility index (Phi) is 3.56. The van der Waals surface area contributed by atoms with Gasteiger partial charge in [0.2, 0.25) is 0 Å². The van der Waals surface area contributed by atoms with Crippen LogP contribution in [0.15, 0.2) is 6.07 Å². The lowest BCUT2D eigenvalue weighted by Gasteiger charge is -2.24. The average Bonchev–Trinajstić information content (AvgIpc) is 2.72. The molecule has 6 heteroatoms. The smallest absolute Gasteiger partial charge is 0.354 e. The summed E-state index contributed by atoms with van der Waals surface area (Å²) in [7, 11) is 1.75. The molecule has 0 spiro atoms. The Hall–Kier alpha value is -2.29. The zero-order valence-electron chi connectivity index (χ0n) is 11.0. The molecule has 1 aromatic heterocycles. The molecule has 1 aliphatic rings. The Balaban J connectivity index is 2.36. The van der Waals surface area contributed by atoms with E-state index in [1.165, 1.54) is 4.90 Å². The van der Waals surface area contributed by atoms with Crippen LogP contribution < -0.4 is 0 Å². The molecule has 0 saturated heterocycles. The average molecular weight is 261 g/mol. The summed E-state index contributed by atoms with van der Waals surface area (Å²) in [4.78, 5) is 25.4. The number of esters is 1. The summed E-state index contributed by atoms with van der Waals surface area (Å²) < 4.78 is 6.66. The number of fused-ring (bicyclic) bond motifs is 1. The molecule has 0 N–H and O–H groups in total. The second-order valence-corrected chi connectivity index (χ2v) is 4.30. The number of amides is 1. The van der Waals surface area contributed by atoms with Crippen LogP contribution in [0.5, 0.6) is 0 Å². The quantitative estimate of drug-likeness (QED) is 0.593. The maximum Gasteiger partial charge on any atom is 0.354 e. The molecule has 0 atom stereocenters. The molecule has 0 saturated carbocycles. The van der Waals surface area contributed by atoms with Crippen molar-refractivity contribution in [1.82, 2.24) is 9.47 Å². The van der Waals surface area contributed by atoms with E-state index in [2.05, 4.69) is 0 Å². The van der Waals surface area contributed by atoms with Crippen molar-refractivity contribution in [2.24, 2.45) is 7.05 Å². The van der Waals surface area contributed by atoms with Gasteiger partial charge in [-0.1, -0.05) is 0 Å². The minimum atomic E-state index is -0.431. The van der Waals surface area contributed by atoms with Crippen LogP contribution in [0.4, 0.5) is 0 Å². The fraction of sp³-hybridized carbons (Fsp3) is 0.462. The Labute approximate surface area is 111 Å². The zero-order valence-corrected chi connectivity index (χ0v) is 11.0. The molecule has 6 nitrogen and oxygen atoms in total. The third-order valence-corrected chi connectivity index (χ3v) is 3.24. The van der Waals surface area contributed by atoms with Crippen molar-refractivity contribution in [3.63, 3.8) is 0 Å². The molecular formula is C13H15N3O3. The number of carbonyl (C=O) groups excluding carboxylic acids is 2. The van der Waals surface area contributed by atoms with E-state index in [0.29, 0.717) is 30.8 Å². The molecular weight excluding hydrogens is 246 g/mol. The number of ether oxygens (including phenoxy) is 1. The fourth-order valence-electron chi connectivity index (χ4n) is 2.28. The van der Waals surface area contributed by atoms with Crippen molar-refractivity contribution in [2.75, 3.05) is 19.7 Å². The van der Waals surface area contributed by atoms with Gasteiger partial charge in [0.05, 0.1) is 18.2 Å². The van der Waals surface area contributed by atoms with E-state index >= 15 is 0 Å². The van der Waals surface area contributed by atoms with Gasteiger partial charge in [-0.25, -0.2) is 4.79 Å². The zero-order chi connectivity index (χ0) is 14.0. The first-order chi connectivity index (χ1) is 9.10. The number of carbonyl (C=O) groups is 2. The van der Waals surface area contributed by atoms with Crippen LogP contribution in [0, 0.1) is 11.3 Å². The van der Waals surface area contributed by atoms with Gasteiger partial charge in [-0.15, -0.1) is 0 Å². The van der Waals surface area contributed by atoms with E-state index in [0.717, 1.165) is 5.69 Å². The molecule has 0 fully saturated rings. The summed E-state index contributed by atoms with van der Waals surface area (Å²) in [5.41, 5.74) is 1.69. The Morgan fingerprint density at radius 2 is 2.32 bits per heavy atom. The summed E-state index contributed by atoms with van der Waals surface area (Å²) in [6.07, 6.45) is 0.638. The van der Waals surface area contributed by atoms with Crippen molar-refractivity contribution in [3.05, 3.63) is 23.0 Å². The highest BCUT2D eigenvalue weighted by Gasteiger charge is 2.29. The summed E-state index contributed by atoms with van der Waals surface area (Å²) in [5.74, 6) is -0.631. The molecule has 1 amide bonds. The van der Waals surface area contributed by atoms with Crippen LogP contribution >= 0.6 is 0 Å². The lowest BCUT2D eigenvalue weighted by Crippen LogP contribution is -2.37. The van der Waals surface area contributed by atoms with Crippen LogP contribution in [0.3, 0.4) is 0 Å². The summed E-state index contributed by atoms with van der Waals surface area (Å²) in [6, 6.07) is 3.52. The second kappa shape index (κ2) is 5.14. The van der Waals surface area contributed by atoms with Gasteiger partial charge < -0.3 is 14.2 Å². The van der Waals surface area contributed by atoms with Gasteiger partial charge in [0.25, 0.3) is 5.91 Å². The Morgan fingerprint density at radius 1 is 1.58 bits per heavy atom. The summed E-state index contributed by atoms with van der Waals surface area (Å²) >= 11 is 0. The van der Waals surface area contributed by atoms with Crippen LogP contribution in [-0.4, -0.2) is 41.0 Å². The minimum Gasteiger partial charge on any atom is -0.461 e. The summed E-state index contributed by atoms with van der Waals surface area (Å²) in [6.45, 7) is 2.60. The first kappa shape index (κ1) is 13.1. The van der Waals surface area contributed by atoms with E-state index < -0.39 is 5.97 Å². The Morgan fingerprint density at radius 3 is 2.95 bits per heavy atom. The van der Waals surface area contributed by atoms with Gasteiger partial charge in [0, 0.05) is 25.7 Å². The number of aromatic nitrogens is 1. The van der Waals surface area contributed by atoms with Gasteiger partial charge in [0.15, 0.2) is 0 Å². The van der Waals surface area contributed by atoms with Gasteiger partial charge in [-0.05, 0) is 13.0 Å². The number of hydrogen-bond donors (Lipinski definition) is 0. The maximum absolute atomic E-state index is 12.2. The molecule has 1 aromatic rings. The van der Waals surface area contributed by atoms with Gasteiger partial charge in [0.1, 0.15) is 12.2 Å². The monoisotopic (exact) mass is 261 g/mol. The normalized spacial score (nSPS) is 13.9. The highest BCUT2D eigenvalue weighted by atomic mass is 16.5. The van der Waals surface area contributed by atoms with E-state index in [9.17, 15) is 9.59 Å². The van der Waals surface area contributed by atoms with Gasteiger partial charge >= 0.3 is 5.97 Å². The maximum atomic E-state index is 12.2. The molecule has 2 heterocycles. The molecule has 100 valence electrons. The summed E-state index contributed by atoms with van der Waals surface area (Å²) in [5, 5.41) is 8.68.